The lowest BCUT2D eigenvalue weighted by atomic mass is 9.92. The number of aliphatic imine (C=N–C) groups is 1. The standard InChI is InChI=1S/C48H41N3/c1-32-16-11-12-21-39(32)44-30-37(27-26-33(44)2)41-22-13-14-24-46(41)51(38-19-9-6-10-20-38)47-25-15-23-42-43(47)29-28-40-34(3)48(49-31-45(40)42)50-35(4)36-17-7-5-8-18-36/h5-7,9-17,19-31H,8,18H2,1-4H3. The quantitative estimate of drug-likeness (QED) is 0.126. The number of hydrogen-bond donors (Lipinski definition) is 0. The van der Waals surface area contributed by atoms with Gasteiger partial charge < -0.3 is 4.90 Å². The Labute approximate surface area is 301 Å². The highest BCUT2D eigenvalue weighted by atomic mass is 15.1. The van der Waals surface area contributed by atoms with Crippen LogP contribution in [0, 0.1) is 20.8 Å². The molecule has 51 heavy (non-hydrogen) atoms. The molecular formula is C48H41N3. The molecule has 1 heterocycles. The summed E-state index contributed by atoms with van der Waals surface area (Å²) in [4.78, 5) is 12.4. The van der Waals surface area contributed by atoms with Crippen LogP contribution < -0.4 is 4.90 Å². The third-order valence-electron chi connectivity index (χ3n) is 10.3. The van der Waals surface area contributed by atoms with Gasteiger partial charge in [0.2, 0.25) is 0 Å². The molecule has 0 unspecified atom stereocenters. The summed E-state index contributed by atoms with van der Waals surface area (Å²) in [6, 6.07) is 46.1. The number of para-hydroxylation sites is 2. The molecule has 0 bridgehead atoms. The smallest absolute Gasteiger partial charge is 0.155 e. The fourth-order valence-corrected chi connectivity index (χ4v) is 7.47. The van der Waals surface area contributed by atoms with Crippen LogP contribution in [0.15, 0.2) is 162 Å². The molecular weight excluding hydrogens is 619 g/mol. The molecule has 3 nitrogen and oxygen atoms in total. The van der Waals surface area contributed by atoms with Crippen molar-refractivity contribution in [2.75, 3.05) is 4.90 Å². The first-order chi connectivity index (χ1) is 25.0. The highest BCUT2D eigenvalue weighted by Crippen LogP contribution is 2.45. The summed E-state index contributed by atoms with van der Waals surface area (Å²) in [6.07, 6.45) is 10.6. The molecule has 0 atom stereocenters. The van der Waals surface area contributed by atoms with Crippen LogP contribution in [0.2, 0.25) is 0 Å². The number of rotatable bonds is 7. The molecule has 6 aromatic carbocycles. The third kappa shape index (κ3) is 6.06. The van der Waals surface area contributed by atoms with E-state index in [1.165, 1.54) is 55.1 Å². The summed E-state index contributed by atoms with van der Waals surface area (Å²) in [5.41, 5.74) is 14.2. The van der Waals surface area contributed by atoms with Gasteiger partial charge in [0.25, 0.3) is 0 Å². The van der Waals surface area contributed by atoms with Crippen molar-refractivity contribution in [2.24, 2.45) is 4.99 Å². The van der Waals surface area contributed by atoms with Crippen LogP contribution in [0.5, 0.6) is 0 Å². The van der Waals surface area contributed by atoms with Gasteiger partial charge in [-0.2, -0.15) is 0 Å². The molecule has 7 aromatic rings. The van der Waals surface area contributed by atoms with Crippen LogP contribution in [-0.2, 0) is 0 Å². The Kier molecular flexibility index (Phi) is 8.63. The molecule has 0 spiro atoms. The second kappa shape index (κ2) is 13.7. The average Bonchev–Trinajstić information content (AvgIpc) is 3.17. The Balaban J connectivity index is 1.29. The van der Waals surface area contributed by atoms with E-state index in [-0.39, 0.29) is 0 Å². The van der Waals surface area contributed by atoms with E-state index in [1.807, 2.05) is 6.20 Å². The zero-order valence-corrected chi connectivity index (χ0v) is 29.7. The number of nitrogens with zero attached hydrogens (tertiary/aromatic N) is 3. The van der Waals surface area contributed by atoms with Gasteiger partial charge in [0.15, 0.2) is 5.82 Å². The number of aromatic nitrogens is 1. The molecule has 1 aromatic heterocycles. The normalized spacial score (nSPS) is 13.1. The highest BCUT2D eigenvalue weighted by Gasteiger charge is 2.21. The van der Waals surface area contributed by atoms with Crippen molar-refractivity contribution in [3.63, 3.8) is 0 Å². The van der Waals surface area contributed by atoms with Gasteiger partial charge in [0, 0.05) is 39.5 Å². The number of aryl methyl sites for hydroxylation is 3. The van der Waals surface area contributed by atoms with Crippen LogP contribution in [0.3, 0.4) is 0 Å². The lowest BCUT2D eigenvalue weighted by Gasteiger charge is -2.29. The molecule has 3 heteroatoms. The number of fused-ring (bicyclic) bond motifs is 3. The summed E-state index contributed by atoms with van der Waals surface area (Å²) >= 11 is 0. The van der Waals surface area contributed by atoms with Crippen LogP contribution in [0.25, 0.3) is 43.8 Å². The van der Waals surface area contributed by atoms with Gasteiger partial charge in [-0.1, -0.05) is 115 Å². The predicted octanol–water partition coefficient (Wildman–Crippen LogP) is 13.5. The minimum Gasteiger partial charge on any atom is -0.309 e. The Bertz CT molecular complexity index is 2520. The highest BCUT2D eigenvalue weighted by molar-refractivity contribution is 6.14. The fraction of sp³-hybridized carbons (Fsp3) is 0.125. The monoisotopic (exact) mass is 659 g/mol. The van der Waals surface area contributed by atoms with Crippen molar-refractivity contribution in [2.45, 2.75) is 40.5 Å². The van der Waals surface area contributed by atoms with Crippen molar-refractivity contribution < 1.29 is 0 Å². The minimum absolute atomic E-state index is 0.786. The zero-order chi connectivity index (χ0) is 34.9. The molecule has 248 valence electrons. The molecule has 0 aliphatic heterocycles. The van der Waals surface area contributed by atoms with Crippen LogP contribution in [0.4, 0.5) is 22.9 Å². The van der Waals surface area contributed by atoms with Gasteiger partial charge >= 0.3 is 0 Å². The zero-order valence-electron chi connectivity index (χ0n) is 29.7. The summed E-state index contributed by atoms with van der Waals surface area (Å²) in [7, 11) is 0. The van der Waals surface area contributed by atoms with Crippen molar-refractivity contribution in [3.05, 3.63) is 174 Å². The average molecular weight is 660 g/mol. The minimum atomic E-state index is 0.786. The Morgan fingerprint density at radius 3 is 2.16 bits per heavy atom. The molecule has 8 rings (SSSR count). The van der Waals surface area contributed by atoms with Gasteiger partial charge in [0.1, 0.15) is 0 Å². The van der Waals surface area contributed by atoms with E-state index in [0.29, 0.717) is 0 Å². The summed E-state index contributed by atoms with van der Waals surface area (Å²) in [5.74, 6) is 0.786. The van der Waals surface area contributed by atoms with Gasteiger partial charge in [-0.25, -0.2) is 9.98 Å². The molecule has 0 radical (unpaired) electrons. The van der Waals surface area contributed by atoms with Crippen molar-refractivity contribution in [1.29, 1.82) is 0 Å². The fourth-order valence-electron chi connectivity index (χ4n) is 7.47. The van der Waals surface area contributed by atoms with Crippen molar-refractivity contribution in [3.8, 4) is 22.3 Å². The van der Waals surface area contributed by atoms with E-state index >= 15 is 0 Å². The van der Waals surface area contributed by atoms with Crippen molar-refractivity contribution in [1.82, 2.24) is 4.98 Å². The molecule has 0 saturated carbocycles. The topological polar surface area (TPSA) is 28.5 Å². The molecule has 0 saturated heterocycles. The number of pyridine rings is 1. The Morgan fingerprint density at radius 1 is 0.627 bits per heavy atom. The second-order valence-corrected chi connectivity index (χ2v) is 13.5. The van der Waals surface area contributed by atoms with Gasteiger partial charge in [-0.15, -0.1) is 0 Å². The van der Waals surface area contributed by atoms with E-state index in [2.05, 4.69) is 178 Å². The summed E-state index contributed by atoms with van der Waals surface area (Å²) in [6.45, 7) is 8.63. The largest absolute Gasteiger partial charge is 0.309 e. The summed E-state index contributed by atoms with van der Waals surface area (Å²) < 4.78 is 0. The van der Waals surface area contributed by atoms with E-state index in [4.69, 9.17) is 9.98 Å². The predicted molar refractivity (Wildman–Crippen MR) is 218 cm³/mol. The van der Waals surface area contributed by atoms with E-state index in [9.17, 15) is 0 Å². The second-order valence-electron chi connectivity index (χ2n) is 13.5. The van der Waals surface area contributed by atoms with Crippen LogP contribution >= 0.6 is 0 Å². The SMILES string of the molecule is CC(=Nc1ncc2c(ccc3c(N(c4ccccc4)c4ccccc4-c4ccc(C)c(-c5ccccc5C)c4)cccc32)c1C)C1=CC=CCC1. The lowest BCUT2D eigenvalue weighted by molar-refractivity contribution is 1.00. The summed E-state index contributed by atoms with van der Waals surface area (Å²) in [5, 5.41) is 4.64. The lowest BCUT2D eigenvalue weighted by Crippen LogP contribution is -2.11. The third-order valence-corrected chi connectivity index (χ3v) is 10.3. The van der Waals surface area contributed by atoms with Crippen LogP contribution in [0.1, 0.15) is 36.5 Å². The first-order valence-electron chi connectivity index (χ1n) is 17.8. The maximum Gasteiger partial charge on any atom is 0.155 e. The Hall–Kier alpha value is -6.06. The molecule has 0 amide bonds. The molecule has 1 aliphatic rings. The number of allylic oxidation sites excluding steroid dienone is 4. The van der Waals surface area contributed by atoms with E-state index < -0.39 is 0 Å². The molecule has 0 N–H and O–H groups in total. The van der Waals surface area contributed by atoms with Crippen molar-refractivity contribution >= 4 is 50.1 Å². The van der Waals surface area contributed by atoms with Gasteiger partial charge in [0.05, 0.1) is 11.4 Å². The van der Waals surface area contributed by atoms with Gasteiger partial charge in [-0.05, 0) is 115 Å². The number of benzene rings is 6. The van der Waals surface area contributed by atoms with Crippen LogP contribution in [-0.4, -0.2) is 10.7 Å². The number of anilines is 3. The number of hydrogen-bond acceptors (Lipinski definition) is 3. The first-order valence-corrected chi connectivity index (χ1v) is 17.8. The Morgan fingerprint density at radius 2 is 1.35 bits per heavy atom. The van der Waals surface area contributed by atoms with E-state index in [0.717, 1.165) is 52.4 Å². The molecule has 0 fully saturated rings. The first kappa shape index (κ1) is 32.2. The van der Waals surface area contributed by atoms with E-state index in [1.54, 1.807) is 0 Å². The maximum absolute atomic E-state index is 5.01. The van der Waals surface area contributed by atoms with Gasteiger partial charge in [-0.3, -0.25) is 0 Å². The molecule has 1 aliphatic carbocycles. The maximum atomic E-state index is 5.01.